The molecule has 24 heteroatoms. The highest BCUT2D eigenvalue weighted by Gasteiger charge is 2.41. The summed E-state index contributed by atoms with van der Waals surface area (Å²) < 4.78 is 63.5. The zero-order valence-corrected chi connectivity index (χ0v) is 50.1. The Bertz CT molecular complexity index is 3270. The van der Waals surface area contributed by atoms with Crippen LogP contribution in [0.5, 0.6) is 0 Å². The van der Waals surface area contributed by atoms with Crippen molar-refractivity contribution < 1.29 is 45.5 Å². The smallest absolute Gasteiger partial charge is 0.407 e. The van der Waals surface area contributed by atoms with Crippen LogP contribution in [0.25, 0.3) is 44.8 Å². The maximum Gasteiger partial charge on any atom is 0.407 e. The van der Waals surface area contributed by atoms with Gasteiger partial charge in [-0.1, -0.05) is 84.9 Å². The lowest BCUT2D eigenvalue weighted by atomic mass is 9.87. The largest absolute Gasteiger partial charge is 0.453 e. The highest BCUT2D eigenvalue weighted by atomic mass is 32.2. The highest BCUT2D eigenvalue weighted by molar-refractivity contribution is 7.98. The number of H-pyrrole nitrogens is 2. The van der Waals surface area contributed by atoms with Crippen LogP contribution in [-0.2, 0) is 64.8 Å². The standard InChI is InChI=1S/C58H70N10O10S4/c1-77-57(71)63-47(23-29-79-3)55(69)67-27-25-65(81(5,73)74)35-51(67)53-59-33-49(61-53)43-19-15-41(16-20-43)45-31-37-7-11-39(45)13-9-38-8-12-40(14-10-37)46(32-38)42-17-21-44(22-18-42)50-34-60-54(62-50)52-36-66(82(6,75)76)26-28-68(52)56(70)48(24-30-80-4)64-58(72)78-2/h7-8,11-12,15-22,31-34,47-48,51-52H,9-10,13-14,23-30,35-36H2,1-6H3,(H,59,61)(H,60,62)(H,63,71)(H,64,72). The van der Waals surface area contributed by atoms with Gasteiger partial charge < -0.3 is 39.9 Å². The second-order valence-electron chi connectivity index (χ2n) is 20.8. The van der Waals surface area contributed by atoms with Crippen LogP contribution in [0.4, 0.5) is 9.59 Å². The van der Waals surface area contributed by atoms with E-state index in [0.717, 1.165) is 71.6 Å². The number of aryl methyl sites for hydroxylation is 4. The molecule has 12 rings (SSSR count). The summed E-state index contributed by atoms with van der Waals surface area (Å²) in [6.45, 7) is 0.462. The minimum atomic E-state index is -3.58. The monoisotopic (exact) mass is 1190 g/mol. The number of hydrogen-bond donors (Lipinski definition) is 4. The van der Waals surface area contributed by atoms with Crippen LogP contribution in [0.2, 0.25) is 0 Å². The summed E-state index contributed by atoms with van der Waals surface area (Å²) in [5.41, 5.74) is 12.5. The van der Waals surface area contributed by atoms with E-state index in [9.17, 15) is 36.0 Å². The van der Waals surface area contributed by atoms with Crippen molar-refractivity contribution in [2.45, 2.75) is 62.7 Å². The zero-order valence-electron chi connectivity index (χ0n) is 46.8. The molecule has 4 aliphatic carbocycles. The van der Waals surface area contributed by atoms with Crippen molar-refractivity contribution in [1.82, 2.24) is 49.0 Å². The highest BCUT2D eigenvalue weighted by Crippen LogP contribution is 2.36. The van der Waals surface area contributed by atoms with Gasteiger partial charge >= 0.3 is 12.2 Å². The number of thioether (sulfide) groups is 2. The average Bonchev–Trinajstić information content (AvgIpc) is 4.25. The van der Waals surface area contributed by atoms with E-state index in [-0.39, 0.29) is 51.1 Å². The number of sulfonamides is 2. The van der Waals surface area contributed by atoms with Gasteiger partial charge in [-0.2, -0.15) is 32.1 Å². The first kappa shape index (κ1) is 59.9. The van der Waals surface area contributed by atoms with Crippen molar-refractivity contribution in [2.75, 3.05) is 90.0 Å². The third kappa shape index (κ3) is 14.0. The quantitative estimate of drug-likeness (QED) is 0.0682. The van der Waals surface area contributed by atoms with E-state index in [2.05, 4.69) is 81.3 Å². The second kappa shape index (κ2) is 26.3. The average molecular weight is 1200 g/mol. The number of benzene rings is 4. The molecule has 20 nitrogen and oxygen atoms in total. The lowest BCUT2D eigenvalue weighted by Crippen LogP contribution is -2.57. The van der Waals surface area contributed by atoms with Crippen LogP contribution >= 0.6 is 23.5 Å². The van der Waals surface area contributed by atoms with Crippen molar-refractivity contribution in [2.24, 2.45) is 0 Å². The van der Waals surface area contributed by atoms with Gasteiger partial charge in [0, 0.05) is 39.3 Å². The molecule has 6 aromatic rings. The van der Waals surface area contributed by atoms with E-state index < -0.39 is 56.4 Å². The molecule has 4 N–H and O–H groups in total. The molecule has 436 valence electrons. The number of methoxy groups -OCH3 is 2. The number of alkyl carbamates (subject to hydrolysis) is 2. The molecule has 2 saturated heterocycles. The fraction of sp³-hybridized carbons (Fsp3) is 0.414. The van der Waals surface area contributed by atoms with Gasteiger partial charge in [-0.15, -0.1) is 0 Å². The minimum absolute atomic E-state index is 0.00257. The summed E-state index contributed by atoms with van der Waals surface area (Å²) in [5, 5.41) is 5.34. The lowest BCUT2D eigenvalue weighted by Gasteiger charge is -2.40. The van der Waals surface area contributed by atoms with E-state index in [1.165, 1.54) is 45.1 Å². The van der Waals surface area contributed by atoms with E-state index in [4.69, 9.17) is 19.4 Å². The number of hydrogen-bond acceptors (Lipinski definition) is 14. The second-order valence-corrected chi connectivity index (χ2v) is 26.7. The first-order chi connectivity index (χ1) is 39.3. The molecule has 0 radical (unpaired) electrons. The predicted molar refractivity (Wildman–Crippen MR) is 320 cm³/mol. The number of amides is 4. The number of nitrogens with one attached hydrogen (secondary N) is 4. The molecule has 2 aliphatic heterocycles. The van der Waals surface area contributed by atoms with Crippen molar-refractivity contribution in [3.8, 4) is 44.8 Å². The Morgan fingerprint density at radius 3 is 1.30 bits per heavy atom. The molecule has 4 unspecified atom stereocenters. The fourth-order valence-electron chi connectivity index (χ4n) is 11.0. The number of carbonyl (C=O) groups is 4. The molecule has 4 atom stereocenters. The van der Waals surface area contributed by atoms with Gasteiger partial charge in [0.15, 0.2) is 0 Å². The molecule has 2 aromatic heterocycles. The lowest BCUT2D eigenvalue weighted by molar-refractivity contribution is -0.138. The Hall–Kier alpha value is -6.70. The number of aromatic amines is 2. The van der Waals surface area contributed by atoms with Gasteiger partial charge in [0.1, 0.15) is 35.8 Å². The molecular formula is C58H70N10O10S4. The van der Waals surface area contributed by atoms with Gasteiger partial charge in [-0.25, -0.2) is 36.4 Å². The Balaban J connectivity index is 0.905. The number of nitrogens with zero attached hydrogens (tertiary/aromatic N) is 6. The molecule has 4 aromatic carbocycles. The third-order valence-corrected chi connectivity index (χ3v) is 19.3. The minimum Gasteiger partial charge on any atom is -0.453 e. The number of imidazole rings is 2. The summed E-state index contributed by atoms with van der Waals surface area (Å²) in [4.78, 5) is 72.2. The van der Waals surface area contributed by atoms with Gasteiger partial charge in [0.2, 0.25) is 31.9 Å². The third-order valence-electron chi connectivity index (χ3n) is 15.5. The Morgan fingerprint density at radius 2 is 0.951 bits per heavy atom. The van der Waals surface area contributed by atoms with E-state index >= 15 is 0 Å². The summed E-state index contributed by atoms with van der Waals surface area (Å²) in [6, 6.07) is 26.9. The number of carbonyl (C=O) groups excluding carboxylic acids is 4. The summed E-state index contributed by atoms with van der Waals surface area (Å²) in [7, 11) is -4.68. The maximum absolute atomic E-state index is 14.1. The normalized spacial score (nSPS) is 17.8. The molecule has 0 saturated carbocycles. The predicted octanol–water partition coefficient (Wildman–Crippen LogP) is 6.93. The summed E-state index contributed by atoms with van der Waals surface area (Å²) >= 11 is 3.09. The topological polar surface area (TPSA) is 249 Å². The molecule has 82 heavy (non-hydrogen) atoms. The van der Waals surface area contributed by atoms with Gasteiger partial charge in [-0.05, 0) is 118 Å². The van der Waals surface area contributed by atoms with Crippen molar-refractivity contribution >= 4 is 67.6 Å². The van der Waals surface area contributed by atoms with Crippen molar-refractivity contribution in [3.05, 3.63) is 131 Å². The van der Waals surface area contributed by atoms with Gasteiger partial charge in [0.05, 0.1) is 50.5 Å². The number of rotatable bonds is 18. The van der Waals surface area contributed by atoms with Crippen LogP contribution in [0.15, 0.2) is 97.3 Å². The van der Waals surface area contributed by atoms with Crippen LogP contribution in [-0.4, -0.2) is 181 Å². The molecular weight excluding hydrogens is 1120 g/mol. The summed E-state index contributed by atoms with van der Waals surface area (Å²) in [5.74, 6) is 1.42. The SMILES string of the molecule is COC(=O)NC(CCSC)C(=O)N1CCN(S(C)(=O)=O)CC1c1ncc(-c2ccc(-c3cc4ccc3CCc3ccc(c(-c5ccc(-c6cnc(C7CN(S(C)(=O)=O)CCN7C(=O)C(CCSC)NC(=O)OC)[nH]6)cc5)c3)CC4)cc2)[nH]1. The Kier molecular flexibility index (Phi) is 19.2. The molecule has 0 spiro atoms. The number of aromatic nitrogens is 4. The van der Waals surface area contributed by atoms with Crippen LogP contribution in [0.3, 0.4) is 0 Å². The first-order valence-electron chi connectivity index (χ1n) is 27.1. The van der Waals surface area contributed by atoms with E-state index in [1.807, 2.05) is 36.8 Å². The van der Waals surface area contributed by atoms with Gasteiger partial charge in [0.25, 0.3) is 0 Å². The molecule has 2 fully saturated rings. The van der Waals surface area contributed by atoms with Crippen LogP contribution in [0.1, 0.15) is 58.8 Å². The Labute approximate surface area is 488 Å². The van der Waals surface area contributed by atoms with E-state index in [1.54, 1.807) is 45.7 Å². The number of piperazine rings is 2. The maximum atomic E-state index is 14.1. The zero-order chi connectivity index (χ0) is 58.3. The van der Waals surface area contributed by atoms with Crippen molar-refractivity contribution in [1.29, 1.82) is 0 Å². The Morgan fingerprint density at radius 1 is 0.573 bits per heavy atom. The number of ether oxygens (including phenoxy) is 2. The molecule has 4 bridgehead atoms. The summed E-state index contributed by atoms with van der Waals surface area (Å²) in [6.07, 6.45) is 12.1. The molecule has 6 aliphatic rings. The van der Waals surface area contributed by atoms with Crippen LogP contribution < -0.4 is 10.6 Å². The molecule has 4 amide bonds. The fourth-order valence-corrected chi connectivity index (χ4v) is 13.5. The van der Waals surface area contributed by atoms with Crippen LogP contribution in [0, 0.1) is 0 Å². The van der Waals surface area contributed by atoms with E-state index in [0.29, 0.717) is 47.4 Å². The first-order valence-corrected chi connectivity index (χ1v) is 33.6. The molecule has 4 heterocycles. The van der Waals surface area contributed by atoms with Crippen molar-refractivity contribution in [3.63, 3.8) is 0 Å². The van der Waals surface area contributed by atoms with Gasteiger partial charge in [-0.3, -0.25) is 9.59 Å².